The number of rotatable bonds is 5. The van der Waals surface area contributed by atoms with Crippen molar-refractivity contribution in [3.05, 3.63) is 23.8 Å². The van der Waals surface area contributed by atoms with Gasteiger partial charge < -0.3 is 10.2 Å². The van der Waals surface area contributed by atoms with E-state index in [1.54, 1.807) is 6.92 Å². The lowest BCUT2D eigenvalue weighted by Gasteiger charge is -2.63. The number of carbonyl (C=O) groups is 2. The lowest BCUT2D eigenvalue weighted by atomic mass is 9.44. The molecular weight excluding hydrogens is 492 g/mol. The summed E-state index contributed by atoms with van der Waals surface area (Å²) in [5.74, 6) is -1.72. The molecule has 0 bridgehead atoms. The molecule has 38 heavy (non-hydrogen) atoms. The number of allylic oxidation sites excluding steroid dienone is 4. The van der Waals surface area contributed by atoms with Crippen molar-refractivity contribution < 1.29 is 33.4 Å². The second kappa shape index (κ2) is 9.02. The first kappa shape index (κ1) is 26.7. The van der Waals surface area contributed by atoms with Gasteiger partial charge in [-0.1, -0.05) is 45.1 Å². The molecule has 210 valence electrons. The second-order valence-electron chi connectivity index (χ2n) is 13.4. The van der Waals surface area contributed by atoms with Gasteiger partial charge in [0.05, 0.1) is 6.10 Å². The lowest BCUT2D eigenvalue weighted by molar-refractivity contribution is -0.267. The van der Waals surface area contributed by atoms with Crippen LogP contribution in [0.1, 0.15) is 71.6 Å². The van der Waals surface area contributed by atoms with E-state index in [1.165, 1.54) is 50.3 Å². The highest BCUT2D eigenvalue weighted by molar-refractivity contribution is 6.01. The van der Waals surface area contributed by atoms with Crippen molar-refractivity contribution in [3.8, 4) is 0 Å². The number of aliphatic hydroxyl groups excluding tert-OH is 2. The molecule has 2 N–H and O–H groups in total. The second-order valence-corrected chi connectivity index (χ2v) is 13.4. The third-order valence-electron chi connectivity index (χ3n) is 11.7. The number of carbonyl (C=O) groups excluding carboxylic acids is 2. The fourth-order valence-corrected chi connectivity index (χ4v) is 9.88. The molecule has 0 aromatic rings. The number of nitrogens with zero attached hydrogens (tertiary/aromatic N) is 1. The van der Waals surface area contributed by atoms with Crippen LogP contribution in [-0.4, -0.2) is 70.1 Å². The molecule has 0 amide bonds. The Morgan fingerprint density at radius 3 is 2.63 bits per heavy atom. The average molecular weight is 534 g/mol. The summed E-state index contributed by atoms with van der Waals surface area (Å²) in [6.45, 7) is 3.96. The highest BCUT2D eigenvalue weighted by Gasteiger charge is 2.79. The predicted molar refractivity (Wildman–Crippen MR) is 136 cm³/mol. The van der Waals surface area contributed by atoms with Crippen molar-refractivity contribution in [2.45, 2.75) is 95.2 Å². The van der Waals surface area contributed by atoms with Gasteiger partial charge in [0.25, 0.3) is 0 Å². The predicted octanol–water partition coefficient (Wildman–Crippen LogP) is 4.05. The fourth-order valence-electron chi connectivity index (χ4n) is 9.88. The monoisotopic (exact) mass is 533 g/mol. The van der Waals surface area contributed by atoms with Crippen molar-refractivity contribution in [1.82, 2.24) is 5.06 Å². The quantitative estimate of drug-likeness (QED) is 0.555. The molecule has 0 spiro atoms. The molecule has 6 aliphatic rings. The Labute approximate surface area is 223 Å². The van der Waals surface area contributed by atoms with E-state index in [2.05, 4.69) is 0 Å². The van der Waals surface area contributed by atoms with Gasteiger partial charge in [-0.15, -0.1) is 0 Å². The summed E-state index contributed by atoms with van der Waals surface area (Å²) >= 11 is 0. The SMILES string of the molecule is C[C@]12C=CC(=O)C=C1[C@@H](F)C[C@H]1[C@@H]3C[C@H]4CN(CCC5CCCCC5)O[C@@]4(C(=O)CO)[C@@]3(C)C[C@H](O)[C@@]12F. The van der Waals surface area contributed by atoms with Gasteiger partial charge in [0.1, 0.15) is 12.8 Å². The van der Waals surface area contributed by atoms with Gasteiger partial charge in [-0.2, -0.15) is 5.06 Å². The summed E-state index contributed by atoms with van der Waals surface area (Å²) in [4.78, 5) is 32.2. The zero-order valence-electron chi connectivity index (χ0n) is 22.5. The van der Waals surface area contributed by atoms with Crippen LogP contribution in [0.15, 0.2) is 23.8 Å². The minimum absolute atomic E-state index is 0.0367. The number of hydroxylamine groups is 2. The van der Waals surface area contributed by atoms with E-state index in [0.29, 0.717) is 25.4 Å². The van der Waals surface area contributed by atoms with Gasteiger partial charge in [0.15, 0.2) is 22.8 Å². The van der Waals surface area contributed by atoms with Crippen molar-refractivity contribution in [2.75, 3.05) is 19.7 Å². The Hall–Kier alpha value is -1.48. The first-order valence-electron chi connectivity index (χ1n) is 14.6. The molecule has 1 heterocycles. The summed E-state index contributed by atoms with van der Waals surface area (Å²) in [7, 11) is 0. The summed E-state index contributed by atoms with van der Waals surface area (Å²) in [6.07, 6.45) is 8.36. The highest BCUT2D eigenvalue weighted by Crippen LogP contribution is 2.72. The number of ketones is 2. The molecule has 0 aromatic heterocycles. The number of alkyl halides is 2. The number of fused-ring (bicyclic) bond motifs is 7. The van der Waals surface area contributed by atoms with Crippen LogP contribution in [0, 0.1) is 34.5 Å². The lowest BCUT2D eigenvalue weighted by Crippen LogP contribution is -2.70. The van der Waals surface area contributed by atoms with Crippen LogP contribution in [0.3, 0.4) is 0 Å². The Morgan fingerprint density at radius 1 is 1.18 bits per heavy atom. The normalized spacial score (nSPS) is 48.7. The van der Waals surface area contributed by atoms with Crippen molar-refractivity contribution in [1.29, 1.82) is 0 Å². The zero-order valence-corrected chi connectivity index (χ0v) is 22.5. The summed E-state index contributed by atoms with van der Waals surface area (Å²) < 4.78 is 33.1. The molecule has 0 radical (unpaired) electrons. The van der Waals surface area contributed by atoms with Crippen LogP contribution < -0.4 is 0 Å². The van der Waals surface area contributed by atoms with Crippen LogP contribution in [0.25, 0.3) is 0 Å². The largest absolute Gasteiger partial charge is 0.390 e. The van der Waals surface area contributed by atoms with Crippen LogP contribution in [-0.2, 0) is 14.4 Å². The maximum absolute atomic E-state index is 17.4. The molecule has 4 saturated carbocycles. The molecule has 8 heteroatoms. The third kappa shape index (κ3) is 3.36. The maximum Gasteiger partial charge on any atom is 0.192 e. The minimum Gasteiger partial charge on any atom is -0.390 e. The standard InChI is InChI=1S/C30H41F2NO5/c1-27-10-8-20(35)13-23(27)24(31)14-22-21-12-19-16-33(11-9-18-6-4-3-5-7-18)38-30(19,26(37)17-34)28(21,2)15-25(36)29(22,27)32/h8,10,13,18-19,21-22,24-25,34,36H,3-7,9,11-12,14-17H2,1-2H3/t19-,21-,22-,24-,25-,27-,28-,29-,30-/m0/s1. The minimum atomic E-state index is -2.19. The summed E-state index contributed by atoms with van der Waals surface area (Å²) in [5.41, 5.74) is -5.89. The number of hydrogen-bond acceptors (Lipinski definition) is 6. The molecule has 5 aliphatic carbocycles. The molecule has 0 unspecified atom stereocenters. The van der Waals surface area contributed by atoms with Crippen LogP contribution in [0.2, 0.25) is 0 Å². The number of Topliss-reactive ketones (excluding diaryl/α,β-unsaturated/α-hetero) is 1. The first-order chi connectivity index (χ1) is 18.0. The average Bonchev–Trinajstić information content (AvgIpc) is 3.38. The van der Waals surface area contributed by atoms with Gasteiger partial charge >= 0.3 is 0 Å². The summed E-state index contributed by atoms with van der Waals surface area (Å²) in [5, 5.41) is 23.5. The molecule has 0 aromatic carbocycles. The molecule has 6 nitrogen and oxygen atoms in total. The Bertz CT molecular complexity index is 1070. The van der Waals surface area contributed by atoms with Crippen LogP contribution in [0.4, 0.5) is 8.78 Å². The van der Waals surface area contributed by atoms with E-state index in [-0.39, 0.29) is 30.1 Å². The van der Waals surface area contributed by atoms with E-state index in [9.17, 15) is 19.8 Å². The molecular formula is C30H41F2NO5. The van der Waals surface area contributed by atoms with E-state index in [0.717, 1.165) is 6.42 Å². The molecule has 5 fully saturated rings. The van der Waals surface area contributed by atoms with Crippen LogP contribution >= 0.6 is 0 Å². The van der Waals surface area contributed by atoms with Crippen molar-refractivity contribution >= 4 is 11.6 Å². The maximum atomic E-state index is 17.4. The molecule has 1 aliphatic heterocycles. The zero-order chi connectivity index (χ0) is 27.1. The molecule has 9 atom stereocenters. The highest BCUT2D eigenvalue weighted by atomic mass is 19.1. The Morgan fingerprint density at radius 2 is 1.92 bits per heavy atom. The van der Waals surface area contributed by atoms with E-state index >= 15 is 8.78 Å². The summed E-state index contributed by atoms with van der Waals surface area (Å²) in [6, 6.07) is 0. The number of aliphatic hydroxyl groups is 2. The molecule has 1 saturated heterocycles. The van der Waals surface area contributed by atoms with Crippen LogP contribution in [0.5, 0.6) is 0 Å². The first-order valence-corrected chi connectivity index (χ1v) is 14.6. The Kier molecular flexibility index (Phi) is 6.34. The Balaban J connectivity index is 1.33. The van der Waals surface area contributed by atoms with Gasteiger partial charge in [-0.25, -0.2) is 8.78 Å². The number of hydrogen-bond donors (Lipinski definition) is 2. The van der Waals surface area contributed by atoms with E-state index in [4.69, 9.17) is 4.84 Å². The molecule has 6 rings (SSSR count). The smallest absolute Gasteiger partial charge is 0.192 e. The van der Waals surface area contributed by atoms with Crippen molar-refractivity contribution in [2.24, 2.45) is 34.5 Å². The topological polar surface area (TPSA) is 87.1 Å². The third-order valence-corrected chi connectivity index (χ3v) is 11.7. The van der Waals surface area contributed by atoms with Crippen molar-refractivity contribution in [3.63, 3.8) is 0 Å². The van der Waals surface area contributed by atoms with E-state index in [1.807, 2.05) is 12.0 Å². The van der Waals surface area contributed by atoms with Gasteiger partial charge in [0.2, 0.25) is 0 Å². The fraction of sp³-hybridized carbons (Fsp3) is 0.800. The van der Waals surface area contributed by atoms with Gasteiger partial charge in [-0.3, -0.25) is 14.4 Å². The number of halogens is 2. The van der Waals surface area contributed by atoms with Gasteiger partial charge in [0, 0.05) is 35.8 Å². The van der Waals surface area contributed by atoms with E-state index < -0.39 is 58.6 Å². The van der Waals surface area contributed by atoms with Gasteiger partial charge in [-0.05, 0) is 62.2 Å².